The predicted molar refractivity (Wildman–Crippen MR) is 96.6 cm³/mol. The third-order valence-electron chi connectivity index (χ3n) is 4.74. The standard InChI is InChI=1S/C19H30N4/c1-2-12-23-18-10-5-4-9-17(18)21-19(23)16-20-11-8-15-22-13-6-3-7-14-22/h4-5,9-10,20H,2-3,6-8,11-16H2,1H3. The second-order valence-electron chi connectivity index (χ2n) is 6.60. The van der Waals surface area contributed by atoms with Gasteiger partial charge >= 0.3 is 0 Å². The number of nitrogens with one attached hydrogen (secondary N) is 1. The number of imidazole rings is 1. The maximum atomic E-state index is 4.81. The van der Waals surface area contributed by atoms with Gasteiger partial charge in [0.05, 0.1) is 17.6 Å². The number of benzene rings is 1. The van der Waals surface area contributed by atoms with E-state index in [1.54, 1.807) is 0 Å². The van der Waals surface area contributed by atoms with Crippen molar-refractivity contribution in [3.05, 3.63) is 30.1 Å². The fourth-order valence-corrected chi connectivity index (χ4v) is 3.54. The summed E-state index contributed by atoms with van der Waals surface area (Å²) in [7, 11) is 0. The van der Waals surface area contributed by atoms with Crippen molar-refractivity contribution in [1.29, 1.82) is 0 Å². The number of rotatable bonds is 8. The smallest absolute Gasteiger partial charge is 0.123 e. The Balaban J connectivity index is 1.49. The van der Waals surface area contributed by atoms with Crippen LogP contribution in [0.1, 0.15) is 44.9 Å². The van der Waals surface area contributed by atoms with E-state index in [0.717, 1.165) is 31.6 Å². The third kappa shape index (κ3) is 4.33. The van der Waals surface area contributed by atoms with Crippen molar-refractivity contribution in [2.45, 2.75) is 52.1 Å². The SMILES string of the molecule is CCCn1c(CNCCCN2CCCCC2)nc2ccccc21. The van der Waals surface area contributed by atoms with Gasteiger partial charge in [-0.25, -0.2) is 4.98 Å². The van der Waals surface area contributed by atoms with Crippen molar-refractivity contribution in [2.75, 3.05) is 26.2 Å². The Labute approximate surface area is 139 Å². The average Bonchev–Trinajstić information content (AvgIpc) is 2.94. The highest BCUT2D eigenvalue weighted by molar-refractivity contribution is 5.75. The molecule has 1 aromatic carbocycles. The highest BCUT2D eigenvalue weighted by Crippen LogP contribution is 2.16. The molecule has 0 unspecified atom stereocenters. The summed E-state index contributed by atoms with van der Waals surface area (Å²) in [6.45, 7) is 9.05. The first-order valence-electron chi connectivity index (χ1n) is 9.25. The van der Waals surface area contributed by atoms with E-state index in [9.17, 15) is 0 Å². The number of aromatic nitrogens is 2. The molecule has 1 saturated heterocycles. The van der Waals surface area contributed by atoms with E-state index in [0.29, 0.717) is 0 Å². The van der Waals surface area contributed by atoms with Crippen molar-refractivity contribution in [2.24, 2.45) is 0 Å². The number of aryl methyl sites for hydroxylation is 1. The molecule has 0 saturated carbocycles. The molecule has 1 aliphatic heterocycles. The largest absolute Gasteiger partial charge is 0.327 e. The number of hydrogen-bond donors (Lipinski definition) is 1. The molecule has 1 aromatic heterocycles. The van der Waals surface area contributed by atoms with E-state index in [2.05, 4.69) is 46.0 Å². The maximum Gasteiger partial charge on any atom is 0.123 e. The zero-order valence-electron chi connectivity index (χ0n) is 14.4. The van der Waals surface area contributed by atoms with E-state index >= 15 is 0 Å². The Hall–Kier alpha value is -1.39. The Morgan fingerprint density at radius 2 is 1.91 bits per heavy atom. The van der Waals surface area contributed by atoms with Crippen LogP contribution in [0.4, 0.5) is 0 Å². The molecule has 4 heteroatoms. The highest BCUT2D eigenvalue weighted by Gasteiger charge is 2.10. The summed E-state index contributed by atoms with van der Waals surface area (Å²) in [4.78, 5) is 7.42. The van der Waals surface area contributed by atoms with Crippen molar-refractivity contribution in [1.82, 2.24) is 19.8 Å². The zero-order chi connectivity index (χ0) is 15.9. The molecule has 2 heterocycles. The van der Waals surface area contributed by atoms with Crippen LogP contribution in [-0.4, -0.2) is 40.6 Å². The number of likely N-dealkylation sites (tertiary alicyclic amines) is 1. The second kappa shape index (κ2) is 8.46. The first kappa shape index (κ1) is 16.5. The summed E-state index contributed by atoms with van der Waals surface area (Å²) in [5.41, 5.74) is 2.38. The van der Waals surface area contributed by atoms with E-state index < -0.39 is 0 Å². The fraction of sp³-hybridized carbons (Fsp3) is 0.632. The van der Waals surface area contributed by atoms with Gasteiger partial charge in [0.15, 0.2) is 0 Å². The number of fused-ring (bicyclic) bond motifs is 1. The lowest BCUT2D eigenvalue weighted by Gasteiger charge is -2.26. The highest BCUT2D eigenvalue weighted by atomic mass is 15.1. The predicted octanol–water partition coefficient (Wildman–Crippen LogP) is 3.41. The number of hydrogen-bond acceptors (Lipinski definition) is 3. The van der Waals surface area contributed by atoms with Crippen LogP contribution >= 0.6 is 0 Å². The van der Waals surface area contributed by atoms with Crippen LogP contribution in [-0.2, 0) is 13.1 Å². The van der Waals surface area contributed by atoms with E-state index in [1.807, 2.05) is 0 Å². The lowest BCUT2D eigenvalue weighted by Crippen LogP contribution is -2.32. The first-order chi connectivity index (χ1) is 11.4. The van der Waals surface area contributed by atoms with Crippen LogP contribution in [0, 0.1) is 0 Å². The monoisotopic (exact) mass is 314 g/mol. The second-order valence-corrected chi connectivity index (χ2v) is 6.60. The van der Waals surface area contributed by atoms with Crippen molar-refractivity contribution >= 4 is 11.0 Å². The summed E-state index contributed by atoms with van der Waals surface area (Å²) in [5, 5.41) is 3.59. The van der Waals surface area contributed by atoms with Crippen LogP contribution in [0.5, 0.6) is 0 Å². The van der Waals surface area contributed by atoms with Crippen LogP contribution < -0.4 is 5.32 Å². The summed E-state index contributed by atoms with van der Waals surface area (Å²) >= 11 is 0. The quantitative estimate of drug-likeness (QED) is 0.758. The molecule has 0 atom stereocenters. The Morgan fingerprint density at radius 1 is 1.09 bits per heavy atom. The Bertz CT molecular complexity index is 598. The molecule has 23 heavy (non-hydrogen) atoms. The van der Waals surface area contributed by atoms with E-state index in [1.165, 1.54) is 56.7 Å². The molecule has 1 aliphatic rings. The summed E-state index contributed by atoms with van der Waals surface area (Å²) in [6.07, 6.45) is 6.56. The zero-order valence-corrected chi connectivity index (χ0v) is 14.4. The maximum absolute atomic E-state index is 4.81. The van der Waals surface area contributed by atoms with Gasteiger partial charge in [0.1, 0.15) is 5.82 Å². The van der Waals surface area contributed by atoms with Crippen molar-refractivity contribution in [3.63, 3.8) is 0 Å². The normalized spacial score (nSPS) is 16.2. The molecule has 4 nitrogen and oxygen atoms in total. The van der Waals surface area contributed by atoms with Crippen LogP contribution in [0.3, 0.4) is 0 Å². The molecule has 2 aromatic rings. The molecule has 0 amide bonds. The summed E-state index contributed by atoms with van der Waals surface area (Å²) in [6, 6.07) is 8.46. The van der Waals surface area contributed by atoms with Crippen molar-refractivity contribution < 1.29 is 0 Å². The molecule has 0 aliphatic carbocycles. The van der Waals surface area contributed by atoms with Gasteiger partial charge in [-0.1, -0.05) is 25.5 Å². The van der Waals surface area contributed by atoms with Gasteiger partial charge in [0.2, 0.25) is 0 Å². The van der Waals surface area contributed by atoms with Gasteiger partial charge in [-0.2, -0.15) is 0 Å². The van der Waals surface area contributed by atoms with Crippen molar-refractivity contribution in [3.8, 4) is 0 Å². The number of nitrogens with zero attached hydrogens (tertiary/aromatic N) is 3. The van der Waals surface area contributed by atoms with Gasteiger partial charge in [-0.3, -0.25) is 0 Å². The average molecular weight is 314 g/mol. The topological polar surface area (TPSA) is 33.1 Å². The first-order valence-corrected chi connectivity index (χ1v) is 9.25. The molecule has 1 N–H and O–H groups in total. The summed E-state index contributed by atoms with van der Waals surface area (Å²) in [5.74, 6) is 1.17. The number of para-hydroxylation sites is 2. The van der Waals surface area contributed by atoms with E-state index in [4.69, 9.17) is 4.98 Å². The van der Waals surface area contributed by atoms with Gasteiger partial charge in [-0.15, -0.1) is 0 Å². The van der Waals surface area contributed by atoms with Gasteiger partial charge < -0.3 is 14.8 Å². The van der Waals surface area contributed by atoms with Crippen LogP contribution in [0.15, 0.2) is 24.3 Å². The molecule has 3 rings (SSSR count). The minimum atomic E-state index is 0.870. The van der Waals surface area contributed by atoms with Gasteiger partial charge in [0.25, 0.3) is 0 Å². The number of piperidine rings is 1. The van der Waals surface area contributed by atoms with Gasteiger partial charge in [-0.05, 0) is 64.0 Å². The fourth-order valence-electron chi connectivity index (χ4n) is 3.54. The Morgan fingerprint density at radius 3 is 2.74 bits per heavy atom. The molecular weight excluding hydrogens is 284 g/mol. The molecular formula is C19H30N4. The Kier molecular flexibility index (Phi) is 6.06. The molecule has 0 bridgehead atoms. The third-order valence-corrected chi connectivity index (χ3v) is 4.74. The lowest BCUT2D eigenvalue weighted by atomic mass is 10.1. The summed E-state index contributed by atoms with van der Waals surface area (Å²) < 4.78 is 2.37. The van der Waals surface area contributed by atoms with Crippen LogP contribution in [0.2, 0.25) is 0 Å². The minimum absolute atomic E-state index is 0.870. The van der Waals surface area contributed by atoms with Gasteiger partial charge in [0, 0.05) is 6.54 Å². The molecule has 126 valence electrons. The lowest BCUT2D eigenvalue weighted by molar-refractivity contribution is 0.225. The molecule has 0 radical (unpaired) electrons. The minimum Gasteiger partial charge on any atom is -0.327 e. The van der Waals surface area contributed by atoms with Crippen LogP contribution in [0.25, 0.3) is 11.0 Å². The molecule has 0 spiro atoms. The molecule has 1 fully saturated rings. The van der Waals surface area contributed by atoms with E-state index in [-0.39, 0.29) is 0 Å².